The standard InChI is InChI=1S/C8H17NO2/c1-4-7(5-2)9-8(10)6-11-3/h7H,4-6H2,1-3H3,(H,9,10). The van der Waals surface area contributed by atoms with E-state index in [0.29, 0.717) is 6.04 Å². The highest BCUT2D eigenvalue weighted by Crippen LogP contribution is 1.94. The first-order valence-corrected chi connectivity index (χ1v) is 4.02. The van der Waals surface area contributed by atoms with Crippen molar-refractivity contribution < 1.29 is 9.53 Å². The Morgan fingerprint density at radius 3 is 2.36 bits per heavy atom. The van der Waals surface area contributed by atoms with Crippen LogP contribution >= 0.6 is 0 Å². The maximum Gasteiger partial charge on any atom is 0.246 e. The molecule has 0 bridgehead atoms. The minimum Gasteiger partial charge on any atom is -0.375 e. The number of hydrogen-bond donors (Lipinski definition) is 1. The van der Waals surface area contributed by atoms with E-state index in [0.717, 1.165) is 12.8 Å². The van der Waals surface area contributed by atoms with E-state index in [9.17, 15) is 4.79 Å². The molecular weight excluding hydrogens is 142 g/mol. The Labute approximate surface area is 68.1 Å². The molecule has 66 valence electrons. The summed E-state index contributed by atoms with van der Waals surface area (Å²) >= 11 is 0. The Bertz CT molecular complexity index is 111. The van der Waals surface area contributed by atoms with E-state index >= 15 is 0 Å². The first kappa shape index (κ1) is 10.4. The zero-order chi connectivity index (χ0) is 8.69. The molecule has 3 heteroatoms. The fourth-order valence-corrected chi connectivity index (χ4v) is 0.893. The first-order chi connectivity index (χ1) is 5.24. The van der Waals surface area contributed by atoms with Gasteiger partial charge in [-0.15, -0.1) is 0 Å². The number of amides is 1. The molecular formula is C8H17NO2. The van der Waals surface area contributed by atoms with Gasteiger partial charge in [-0.3, -0.25) is 4.79 Å². The fourth-order valence-electron chi connectivity index (χ4n) is 0.893. The van der Waals surface area contributed by atoms with E-state index in [1.165, 1.54) is 7.11 Å². The Balaban J connectivity index is 3.54. The Hall–Kier alpha value is -0.570. The Morgan fingerprint density at radius 2 is 2.00 bits per heavy atom. The minimum absolute atomic E-state index is 0.0267. The molecule has 0 saturated heterocycles. The molecule has 0 aliphatic rings. The lowest BCUT2D eigenvalue weighted by Crippen LogP contribution is -2.36. The van der Waals surface area contributed by atoms with Crippen LogP contribution in [0.4, 0.5) is 0 Å². The highest BCUT2D eigenvalue weighted by atomic mass is 16.5. The second-order valence-corrected chi connectivity index (χ2v) is 2.51. The monoisotopic (exact) mass is 159 g/mol. The van der Waals surface area contributed by atoms with E-state index in [2.05, 4.69) is 23.9 Å². The average Bonchev–Trinajstić information content (AvgIpc) is 2.01. The lowest BCUT2D eigenvalue weighted by Gasteiger charge is -2.13. The van der Waals surface area contributed by atoms with Gasteiger partial charge in [0.1, 0.15) is 6.61 Å². The van der Waals surface area contributed by atoms with Gasteiger partial charge < -0.3 is 10.1 Å². The van der Waals surface area contributed by atoms with Crippen LogP contribution in [0, 0.1) is 0 Å². The minimum atomic E-state index is -0.0267. The molecule has 0 radical (unpaired) electrons. The maximum absolute atomic E-state index is 10.9. The molecule has 0 rings (SSSR count). The summed E-state index contributed by atoms with van der Waals surface area (Å²) in [5.41, 5.74) is 0. The van der Waals surface area contributed by atoms with Crippen molar-refractivity contribution in [2.45, 2.75) is 32.7 Å². The first-order valence-electron chi connectivity index (χ1n) is 4.02. The lowest BCUT2D eigenvalue weighted by molar-refractivity contribution is -0.125. The quantitative estimate of drug-likeness (QED) is 0.648. The van der Waals surface area contributed by atoms with Gasteiger partial charge in [-0.2, -0.15) is 0 Å². The molecule has 0 aromatic rings. The molecule has 1 N–H and O–H groups in total. The van der Waals surface area contributed by atoms with Gasteiger partial charge in [0, 0.05) is 13.2 Å². The summed E-state index contributed by atoms with van der Waals surface area (Å²) in [7, 11) is 1.52. The van der Waals surface area contributed by atoms with Gasteiger partial charge in [-0.05, 0) is 12.8 Å². The van der Waals surface area contributed by atoms with Crippen LogP contribution in [0.15, 0.2) is 0 Å². The van der Waals surface area contributed by atoms with Crippen LogP contribution in [-0.2, 0) is 9.53 Å². The normalized spacial score (nSPS) is 10.2. The number of carbonyl (C=O) groups is 1. The van der Waals surface area contributed by atoms with Crippen molar-refractivity contribution in [2.24, 2.45) is 0 Å². The molecule has 0 unspecified atom stereocenters. The molecule has 0 aliphatic heterocycles. The van der Waals surface area contributed by atoms with Crippen molar-refractivity contribution in [1.29, 1.82) is 0 Å². The van der Waals surface area contributed by atoms with E-state index in [1.807, 2.05) is 0 Å². The van der Waals surface area contributed by atoms with Crippen molar-refractivity contribution in [3.8, 4) is 0 Å². The molecule has 1 amide bonds. The summed E-state index contributed by atoms with van der Waals surface area (Å²) in [6.45, 7) is 4.28. The molecule has 0 heterocycles. The molecule has 0 fully saturated rings. The Morgan fingerprint density at radius 1 is 1.45 bits per heavy atom. The van der Waals surface area contributed by atoms with Gasteiger partial charge in [0.2, 0.25) is 5.91 Å². The molecule has 0 saturated carbocycles. The zero-order valence-electron chi connectivity index (χ0n) is 7.52. The number of rotatable bonds is 5. The van der Waals surface area contributed by atoms with Crippen LogP contribution in [-0.4, -0.2) is 25.7 Å². The van der Waals surface area contributed by atoms with Gasteiger partial charge in [0.15, 0.2) is 0 Å². The Kier molecular flexibility index (Phi) is 5.84. The van der Waals surface area contributed by atoms with Gasteiger partial charge in [-0.1, -0.05) is 13.8 Å². The topological polar surface area (TPSA) is 38.3 Å². The van der Waals surface area contributed by atoms with Crippen LogP contribution in [0.2, 0.25) is 0 Å². The van der Waals surface area contributed by atoms with Gasteiger partial charge in [0.25, 0.3) is 0 Å². The van der Waals surface area contributed by atoms with Crippen LogP contribution in [0.1, 0.15) is 26.7 Å². The predicted molar refractivity (Wildman–Crippen MR) is 44.4 cm³/mol. The fraction of sp³-hybridized carbons (Fsp3) is 0.875. The summed E-state index contributed by atoms with van der Waals surface area (Å²) in [4.78, 5) is 10.9. The molecule has 0 aliphatic carbocycles. The summed E-state index contributed by atoms with van der Waals surface area (Å²) in [6.07, 6.45) is 1.96. The van der Waals surface area contributed by atoms with Crippen LogP contribution in [0.5, 0.6) is 0 Å². The van der Waals surface area contributed by atoms with E-state index in [1.54, 1.807) is 0 Å². The SMILES string of the molecule is CCC(CC)NC(=O)COC. The number of methoxy groups -OCH3 is 1. The molecule has 0 atom stereocenters. The predicted octanol–water partition coefficient (Wildman–Crippen LogP) is 0.938. The van der Waals surface area contributed by atoms with E-state index < -0.39 is 0 Å². The van der Waals surface area contributed by atoms with Crippen molar-refractivity contribution in [1.82, 2.24) is 5.32 Å². The number of nitrogens with one attached hydrogen (secondary N) is 1. The third kappa shape index (κ3) is 4.79. The highest BCUT2D eigenvalue weighted by molar-refractivity contribution is 5.77. The summed E-state index contributed by atoms with van der Waals surface area (Å²) in [5.74, 6) is -0.0267. The molecule has 0 aromatic carbocycles. The molecule has 3 nitrogen and oxygen atoms in total. The van der Waals surface area contributed by atoms with Gasteiger partial charge in [-0.25, -0.2) is 0 Å². The largest absolute Gasteiger partial charge is 0.375 e. The zero-order valence-corrected chi connectivity index (χ0v) is 7.52. The smallest absolute Gasteiger partial charge is 0.246 e. The second kappa shape index (κ2) is 6.16. The number of ether oxygens (including phenoxy) is 1. The van der Waals surface area contributed by atoms with Crippen molar-refractivity contribution in [2.75, 3.05) is 13.7 Å². The van der Waals surface area contributed by atoms with Crippen molar-refractivity contribution >= 4 is 5.91 Å². The highest BCUT2D eigenvalue weighted by Gasteiger charge is 2.06. The molecule has 0 aromatic heterocycles. The van der Waals surface area contributed by atoms with Gasteiger partial charge in [0.05, 0.1) is 0 Å². The summed E-state index contributed by atoms with van der Waals surface area (Å²) in [5, 5.41) is 2.85. The average molecular weight is 159 g/mol. The number of hydrogen-bond acceptors (Lipinski definition) is 2. The summed E-state index contributed by atoms with van der Waals surface area (Å²) in [6, 6.07) is 0.303. The lowest BCUT2D eigenvalue weighted by atomic mass is 10.2. The third-order valence-electron chi connectivity index (χ3n) is 1.63. The molecule has 11 heavy (non-hydrogen) atoms. The maximum atomic E-state index is 10.9. The van der Waals surface area contributed by atoms with Crippen LogP contribution in [0.3, 0.4) is 0 Å². The summed E-state index contributed by atoms with van der Waals surface area (Å²) < 4.78 is 4.68. The van der Waals surface area contributed by atoms with Crippen LogP contribution in [0.25, 0.3) is 0 Å². The van der Waals surface area contributed by atoms with Crippen LogP contribution < -0.4 is 5.32 Å². The van der Waals surface area contributed by atoms with Crippen molar-refractivity contribution in [3.63, 3.8) is 0 Å². The van der Waals surface area contributed by atoms with E-state index in [4.69, 9.17) is 0 Å². The second-order valence-electron chi connectivity index (χ2n) is 2.51. The van der Waals surface area contributed by atoms with Crippen molar-refractivity contribution in [3.05, 3.63) is 0 Å². The number of carbonyl (C=O) groups excluding carboxylic acids is 1. The van der Waals surface area contributed by atoms with Gasteiger partial charge >= 0.3 is 0 Å². The molecule has 0 spiro atoms. The third-order valence-corrected chi connectivity index (χ3v) is 1.63. The van der Waals surface area contributed by atoms with E-state index in [-0.39, 0.29) is 12.5 Å².